The second-order valence-electron chi connectivity index (χ2n) is 5.73. The third-order valence-corrected chi connectivity index (χ3v) is 4.39. The largest absolute Gasteiger partial charge is 0.367 e. The van der Waals surface area contributed by atoms with Gasteiger partial charge in [-0.1, -0.05) is 23.7 Å². The number of para-hydroxylation sites is 1. The molecule has 0 unspecified atom stereocenters. The number of nitrogens with one attached hydrogen (secondary N) is 1. The fourth-order valence-corrected chi connectivity index (χ4v) is 2.87. The van der Waals surface area contributed by atoms with Crippen molar-refractivity contribution in [3.05, 3.63) is 64.9 Å². The second kappa shape index (κ2) is 7.64. The lowest BCUT2D eigenvalue weighted by molar-refractivity contribution is 0.0920. The number of amides is 1. The lowest BCUT2D eigenvalue weighted by Crippen LogP contribution is -2.50. The number of carbonyl (C=O) groups excluding carboxylic acids is 1. The number of rotatable bonds is 4. The molecule has 0 radical (unpaired) electrons. The molecule has 126 valence electrons. The molecule has 1 aliphatic heterocycles. The Morgan fingerprint density at radius 3 is 2.38 bits per heavy atom. The summed E-state index contributed by atoms with van der Waals surface area (Å²) in [4.78, 5) is 16.3. The molecule has 1 aliphatic rings. The van der Waals surface area contributed by atoms with Gasteiger partial charge in [-0.2, -0.15) is 0 Å². The summed E-state index contributed by atoms with van der Waals surface area (Å²) in [6.45, 7) is 3.49. The first-order chi connectivity index (χ1) is 11.6. The minimum atomic E-state index is -0.193. The summed E-state index contributed by atoms with van der Waals surface area (Å²) >= 11 is 5.82. The summed E-state index contributed by atoms with van der Waals surface area (Å²) in [7, 11) is 0. The van der Waals surface area contributed by atoms with Crippen molar-refractivity contribution < 1.29 is 9.18 Å². The van der Waals surface area contributed by atoms with E-state index in [0.29, 0.717) is 22.9 Å². The number of anilines is 1. The Labute approximate surface area is 145 Å². The van der Waals surface area contributed by atoms with Gasteiger partial charge in [0.15, 0.2) is 0 Å². The van der Waals surface area contributed by atoms with E-state index < -0.39 is 0 Å². The van der Waals surface area contributed by atoms with Crippen molar-refractivity contribution >= 4 is 23.2 Å². The smallest absolute Gasteiger partial charge is 0.252 e. The van der Waals surface area contributed by atoms with Crippen LogP contribution < -0.4 is 10.2 Å². The van der Waals surface area contributed by atoms with Gasteiger partial charge < -0.3 is 10.2 Å². The Hall–Kier alpha value is -2.11. The van der Waals surface area contributed by atoms with Gasteiger partial charge in [0.25, 0.3) is 5.91 Å². The third kappa shape index (κ3) is 4.04. The van der Waals surface area contributed by atoms with Crippen LogP contribution >= 0.6 is 11.6 Å². The maximum atomic E-state index is 13.8. The van der Waals surface area contributed by atoms with E-state index in [9.17, 15) is 9.18 Å². The van der Waals surface area contributed by atoms with Crippen molar-refractivity contribution in [1.82, 2.24) is 10.2 Å². The molecule has 1 N–H and O–H groups in total. The molecule has 2 aromatic carbocycles. The number of hydrogen-bond donors (Lipinski definition) is 1. The number of nitrogens with zero attached hydrogens (tertiary/aromatic N) is 2. The Kier molecular flexibility index (Phi) is 5.33. The van der Waals surface area contributed by atoms with E-state index in [1.807, 2.05) is 11.0 Å². The van der Waals surface area contributed by atoms with E-state index >= 15 is 0 Å². The van der Waals surface area contributed by atoms with Crippen LogP contribution in [0, 0.1) is 5.82 Å². The highest BCUT2D eigenvalue weighted by atomic mass is 35.5. The van der Waals surface area contributed by atoms with E-state index in [1.165, 1.54) is 6.07 Å². The Balaban J connectivity index is 1.48. The molecule has 0 aromatic heterocycles. The zero-order valence-electron chi connectivity index (χ0n) is 13.2. The highest BCUT2D eigenvalue weighted by Crippen LogP contribution is 2.19. The second-order valence-corrected chi connectivity index (χ2v) is 6.16. The summed E-state index contributed by atoms with van der Waals surface area (Å²) < 4.78 is 13.8. The first-order valence-electron chi connectivity index (χ1n) is 7.89. The van der Waals surface area contributed by atoms with Crippen LogP contribution in [-0.4, -0.2) is 43.7 Å². The standard InChI is InChI=1S/C18H19ClFN3O/c19-15-7-5-14(6-8-15)18(24)21-13-22-9-11-23(12-10-22)17-4-2-1-3-16(17)20/h1-8H,9-13H2,(H,21,24). The zero-order chi connectivity index (χ0) is 16.9. The van der Waals surface area contributed by atoms with Gasteiger partial charge in [0.1, 0.15) is 5.82 Å². The van der Waals surface area contributed by atoms with Gasteiger partial charge in [0, 0.05) is 36.8 Å². The molecule has 1 amide bonds. The van der Waals surface area contributed by atoms with E-state index in [2.05, 4.69) is 10.2 Å². The number of piperazine rings is 1. The Bertz CT molecular complexity index is 700. The average Bonchev–Trinajstić information content (AvgIpc) is 2.61. The fraction of sp³-hybridized carbons (Fsp3) is 0.278. The highest BCUT2D eigenvalue weighted by Gasteiger charge is 2.19. The molecule has 6 heteroatoms. The lowest BCUT2D eigenvalue weighted by atomic mass is 10.2. The minimum absolute atomic E-state index is 0.122. The monoisotopic (exact) mass is 347 g/mol. The van der Waals surface area contributed by atoms with Crippen LogP contribution in [0.2, 0.25) is 5.02 Å². The van der Waals surface area contributed by atoms with Crippen LogP contribution in [0.4, 0.5) is 10.1 Å². The molecule has 0 bridgehead atoms. The third-order valence-electron chi connectivity index (χ3n) is 4.14. The molecular weight excluding hydrogens is 329 g/mol. The van der Waals surface area contributed by atoms with E-state index in [4.69, 9.17) is 11.6 Å². The maximum absolute atomic E-state index is 13.8. The van der Waals surface area contributed by atoms with Crippen molar-refractivity contribution in [1.29, 1.82) is 0 Å². The topological polar surface area (TPSA) is 35.6 Å². The zero-order valence-corrected chi connectivity index (χ0v) is 14.0. The van der Waals surface area contributed by atoms with Gasteiger partial charge in [-0.15, -0.1) is 0 Å². The molecular formula is C18H19ClFN3O. The maximum Gasteiger partial charge on any atom is 0.252 e. The van der Waals surface area contributed by atoms with Crippen molar-refractivity contribution in [2.45, 2.75) is 0 Å². The molecule has 1 heterocycles. The average molecular weight is 348 g/mol. The highest BCUT2D eigenvalue weighted by molar-refractivity contribution is 6.30. The van der Waals surface area contributed by atoms with Crippen LogP contribution in [0.1, 0.15) is 10.4 Å². The summed E-state index contributed by atoms with van der Waals surface area (Å²) in [6, 6.07) is 13.6. The number of hydrogen-bond acceptors (Lipinski definition) is 3. The minimum Gasteiger partial charge on any atom is -0.367 e. The molecule has 0 aliphatic carbocycles. The molecule has 0 saturated carbocycles. The molecule has 1 fully saturated rings. The van der Waals surface area contributed by atoms with Crippen LogP contribution in [0.25, 0.3) is 0 Å². The molecule has 4 nitrogen and oxygen atoms in total. The van der Waals surface area contributed by atoms with Gasteiger partial charge in [0.05, 0.1) is 12.4 Å². The first-order valence-corrected chi connectivity index (χ1v) is 8.27. The van der Waals surface area contributed by atoms with E-state index in [-0.39, 0.29) is 11.7 Å². The summed E-state index contributed by atoms with van der Waals surface area (Å²) in [5, 5.41) is 3.51. The van der Waals surface area contributed by atoms with Gasteiger partial charge >= 0.3 is 0 Å². The van der Waals surface area contributed by atoms with E-state index in [1.54, 1.807) is 36.4 Å². The van der Waals surface area contributed by atoms with Gasteiger partial charge in [-0.3, -0.25) is 9.69 Å². The number of halogens is 2. The number of benzene rings is 2. The summed E-state index contributed by atoms with van der Waals surface area (Å²) in [5.74, 6) is -0.315. The quantitative estimate of drug-likeness (QED) is 0.923. The lowest BCUT2D eigenvalue weighted by Gasteiger charge is -2.36. The Morgan fingerprint density at radius 2 is 1.71 bits per heavy atom. The van der Waals surface area contributed by atoms with Crippen LogP contribution in [0.3, 0.4) is 0 Å². The SMILES string of the molecule is O=C(NCN1CCN(c2ccccc2F)CC1)c1ccc(Cl)cc1. The van der Waals surface area contributed by atoms with Gasteiger partial charge in [-0.25, -0.2) is 4.39 Å². The normalized spacial score (nSPS) is 15.3. The van der Waals surface area contributed by atoms with Crippen LogP contribution in [0.15, 0.2) is 48.5 Å². The van der Waals surface area contributed by atoms with E-state index in [0.717, 1.165) is 26.2 Å². The van der Waals surface area contributed by atoms with Crippen LogP contribution in [-0.2, 0) is 0 Å². The van der Waals surface area contributed by atoms with Crippen molar-refractivity contribution in [3.63, 3.8) is 0 Å². The molecule has 0 spiro atoms. The first kappa shape index (κ1) is 16.7. The molecule has 24 heavy (non-hydrogen) atoms. The van der Waals surface area contributed by atoms with Gasteiger partial charge in [-0.05, 0) is 36.4 Å². The predicted molar refractivity (Wildman–Crippen MR) is 94.0 cm³/mol. The molecule has 0 atom stereocenters. The summed E-state index contributed by atoms with van der Waals surface area (Å²) in [6.07, 6.45) is 0. The molecule has 3 rings (SSSR count). The van der Waals surface area contributed by atoms with Crippen molar-refractivity contribution in [2.75, 3.05) is 37.7 Å². The predicted octanol–water partition coefficient (Wildman–Crippen LogP) is 2.99. The number of carbonyl (C=O) groups is 1. The van der Waals surface area contributed by atoms with Crippen molar-refractivity contribution in [2.24, 2.45) is 0 Å². The van der Waals surface area contributed by atoms with Crippen molar-refractivity contribution in [3.8, 4) is 0 Å². The van der Waals surface area contributed by atoms with Crippen LogP contribution in [0.5, 0.6) is 0 Å². The Morgan fingerprint density at radius 1 is 1.04 bits per heavy atom. The molecule has 2 aromatic rings. The fourth-order valence-electron chi connectivity index (χ4n) is 2.74. The van der Waals surface area contributed by atoms with Gasteiger partial charge in [0.2, 0.25) is 0 Å². The molecule has 1 saturated heterocycles. The summed E-state index contributed by atoms with van der Waals surface area (Å²) in [5.41, 5.74) is 1.23.